The van der Waals surface area contributed by atoms with E-state index in [2.05, 4.69) is 22.9 Å². The summed E-state index contributed by atoms with van der Waals surface area (Å²) in [6.07, 6.45) is 7.24. The molecule has 0 amide bonds. The minimum atomic E-state index is 0.369. The average Bonchev–Trinajstić information content (AvgIpc) is 2.46. The van der Waals surface area contributed by atoms with Gasteiger partial charge in [-0.05, 0) is 44.2 Å². The molecule has 1 aromatic rings. The Kier molecular flexibility index (Phi) is 4.75. The van der Waals surface area contributed by atoms with E-state index in [1.807, 2.05) is 12.1 Å². The molecule has 0 aromatic carbocycles. The summed E-state index contributed by atoms with van der Waals surface area (Å²) in [6.45, 7) is 3.20. The van der Waals surface area contributed by atoms with E-state index in [4.69, 9.17) is 11.0 Å². The van der Waals surface area contributed by atoms with Crippen molar-refractivity contribution in [3.63, 3.8) is 0 Å². The molecule has 102 valence electrons. The van der Waals surface area contributed by atoms with E-state index in [1.54, 1.807) is 6.20 Å². The molecular formula is C15H22N4. The summed E-state index contributed by atoms with van der Waals surface area (Å²) in [5.41, 5.74) is 6.59. The monoisotopic (exact) mass is 258 g/mol. The van der Waals surface area contributed by atoms with Crippen LogP contribution in [0, 0.1) is 11.3 Å². The highest BCUT2D eigenvalue weighted by molar-refractivity contribution is 5.43. The first-order valence-corrected chi connectivity index (χ1v) is 7.13. The van der Waals surface area contributed by atoms with Crippen molar-refractivity contribution in [3.8, 4) is 6.07 Å². The van der Waals surface area contributed by atoms with Gasteiger partial charge in [0.25, 0.3) is 0 Å². The molecule has 4 nitrogen and oxygen atoms in total. The Morgan fingerprint density at radius 1 is 1.37 bits per heavy atom. The molecule has 0 aliphatic heterocycles. The van der Waals surface area contributed by atoms with E-state index in [0.29, 0.717) is 17.6 Å². The molecular weight excluding hydrogens is 236 g/mol. The molecule has 1 saturated carbocycles. The Labute approximate surface area is 115 Å². The standard InChI is InChI=1S/C15H22N4/c1-2-9-19(14-6-4-13(17)5-7-14)15-8-3-12(10-16)11-18-15/h3,8,11,13-14H,2,4-7,9,17H2,1H3. The molecule has 2 N–H and O–H groups in total. The van der Waals surface area contributed by atoms with Crippen LogP contribution in [0.25, 0.3) is 0 Å². The quantitative estimate of drug-likeness (QED) is 0.900. The van der Waals surface area contributed by atoms with Gasteiger partial charge >= 0.3 is 0 Å². The molecule has 0 saturated heterocycles. The molecule has 1 aliphatic carbocycles. The van der Waals surface area contributed by atoms with Crippen LogP contribution in [-0.2, 0) is 0 Å². The Morgan fingerprint density at radius 2 is 2.11 bits per heavy atom. The molecule has 0 radical (unpaired) electrons. The third kappa shape index (κ3) is 3.45. The Balaban J connectivity index is 2.12. The van der Waals surface area contributed by atoms with Crippen molar-refractivity contribution >= 4 is 5.82 Å². The topological polar surface area (TPSA) is 65.9 Å². The third-order valence-electron chi connectivity index (χ3n) is 3.82. The van der Waals surface area contributed by atoms with E-state index >= 15 is 0 Å². The summed E-state index contributed by atoms with van der Waals surface area (Å²) in [7, 11) is 0. The number of nitrogens with two attached hydrogens (primary N) is 1. The van der Waals surface area contributed by atoms with Crippen LogP contribution in [0.15, 0.2) is 18.3 Å². The van der Waals surface area contributed by atoms with Crippen molar-refractivity contribution in [3.05, 3.63) is 23.9 Å². The Hall–Kier alpha value is -1.60. The number of hydrogen-bond acceptors (Lipinski definition) is 4. The number of hydrogen-bond donors (Lipinski definition) is 1. The number of nitrogens with zero attached hydrogens (tertiary/aromatic N) is 3. The summed E-state index contributed by atoms with van der Waals surface area (Å²) < 4.78 is 0. The molecule has 1 aromatic heterocycles. The van der Waals surface area contributed by atoms with Crippen molar-refractivity contribution in [1.29, 1.82) is 5.26 Å². The fourth-order valence-corrected chi connectivity index (χ4v) is 2.76. The van der Waals surface area contributed by atoms with Gasteiger partial charge in [-0.15, -0.1) is 0 Å². The number of aromatic nitrogens is 1. The highest BCUT2D eigenvalue weighted by atomic mass is 15.2. The van der Waals surface area contributed by atoms with Crippen LogP contribution in [0.1, 0.15) is 44.6 Å². The predicted molar refractivity (Wildman–Crippen MR) is 76.8 cm³/mol. The third-order valence-corrected chi connectivity index (χ3v) is 3.82. The molecule has 1 heterocycles. The zero-order valence-corrected chi connectivity index (χ0v) is 11.5. The second-order valence-electron chi connectivity index (χ2n) is 5.28. The van der Waals surface area contributed by atoms with E-state index in [9.17, 15) is 0 Å². The van der Waals surface area contributed by atoms with Crippen LogP contribution in [0.2, 0.25) is 0 Å². The number of pyridine rings is 1. The lowest BCUT2D eigenvalue weighted by Gasteiger charge is -2.36. The second kappa shape index (κ2) is 6.53. The summed E-state index contributed by atoms with van der Waals surface area (Å²) in [5.74, 6) is 0.987. The van der Waals surface area contributed by atoms with Gasteiger partial charge < -0.3 is 10.6 Å². The van der Waals surface area contributed by atoms with Crippen LogP contribution < -0.4 is 10.6 Å². The maximum atomic E-state index is 8.83. The van der Waals surface area contributed by atoms with Gasteiger partial charge in [0.05, 0.1) is 5.56 Å². The molecule has 19 heavy (non-hydrogen) atoms. The molecule has 0 bridgehead atoms. The van der Waals surface area contributed by atoms with E-state index < -0.39 is 0 Å². The van der Waals surface area contributed by atoms with E-state index in [1.165, 1.54) is 0 Å². The minimum absolute atomic E-state index is 0.369. The lowest BCUT2D eigenvalue weighted by atomic mass is 9.90. The zero-order valence-electron chi connectivity index (χ0n) is 11.5. The van der Waals surface area contributed by atoms with Crippen LogP contribution in [0.4, 0.5) is 5.82 Å². The molecule has 4 heteroatoms. The molecule has 0 spiro atoms. The lowest BCUT2D eigenvalue weighted by Crippen LogP contribution is -2.41. The van der Waals surface area contributed by atoms with E-state index in [0.717, 1.165) is 44.5 Å². The fourth-order valence-electron chi connectivity index (χ4n) is 2.76. The normalized spacial score (nSPS) is 22.8. The largest absolute Gasteiger partial charge is 0.354 e. The van der Waals surface area contributed by atoms with Crippen LogP contribution in [-0.4, -0.2) is 23.6 Å². The van der Waals surface area contributed by atoms with Gasteiger partial charge in [0, 0.05) is 24.8 Å². The minimum Gasteiger partial charge on any atom is -0.354 e. The van der Waals surface area contributed by atoms with Gasteiger partial charge in [0.2, 0.25) is 0 Å². The summed E-state index contributed by atoms with van der Waals surface area (Å²) >= 11 is 0. The van der Waals surface area contributed by atoms with Gasteiger partial charge in [-0.25, -0.2) is 4.98 Å². The van der Waals surface area contributed by atoms with Crippen molar-refractivity contribution in [2.45, 2.75) is 51.1 Å². The van der Waals surface area contributed by atoms with E-state index in [-0.39, 0.29) is 0 Å². The maximum absolute atomic E-state index is 8.83. The van der Waals surface area contributed by atoms with Gasteiger partial charge in [-0.1, -0.05) is 6.92 Å². The summed E-state index contributed by atoms with van der Waals surface area (Å²) in [4.78, 5) is 6.82. The smallest absolute Gasteiger partial charge is 0.128 e. The fraction of sp³-hybridized carbons (Fsp3) is 0.600. The Bertz CT molecular complexity index is 426. The van der Waals surface area contributed by atoms with Gasteiger partial charge in [-0.3, -0.25) is 0 Å². The number of nitriles is 1. The Morgan fingerprint density at radius 3 is 2.63 bits per heavy atom. The zero-order chi connectivity index (χ0) is 13.7. The van der Waals surface area contributed by atoms with Crippen LogP contribution in [0.5, 0.6) is 0 Å². The van der Waals surface area contributed by atoms with Gasteiger partial charge in [-0.2, -0.15) is 5.26 Å². The SMILES string of the molecule is CCCN(c1ccc(C#N)cn1)C1CCC(N)CC1. The van der Waals surface area contributed by atoms with Crippen LogP contribution in [0.3, 0.4) is 0 Å². The molecule has 1 fully saturated rings. The highest BCUT2D eigenvalue weighted by Gasteiger charge is 2.24. The average molecular weight is 258 g/mol. The van der Waals surface area contributed by atoms with Crippen molar-refractivity contribution in [1.82, 2.24) is 4.98 Å². The second-order valence-corrected chi connectivity index (χ2v) is 5.28. The summed E-state index contributed by atoms with van der Waals surface area (Å²) in [5, 5.41) is 8.83. The maximum Gasteiger partial charge on any atom is 0.128 e. The molecule has 1 aliphatic rings. The molecule has 2 rings (SSSR count). The first kappa shape index (κ1) is 13.8. The highest BCUT2D eigenvalue weighted by Crippen LogP contribution is 2.26. The predicted octanol–water partition coefficient (Wildman–Crippen LogP) is 2.44. The lowest BCUT2D eigenvalue weighted by molar-refractivity contribution is 0.374. The molecule has 0 atom stereocenters. The van der Waals surface area contributed by atoms with Gasteiger partial charge in [0.15, 0.2) is 0 Å². The van der Waals surface area contributed by atoms with Crippen molar-refractivity contribution in [2.24, 2.45) is 5.73 Å². The van der Waals surface area contributed by atoms with Gasteiger partial charge in [0.1, 0.15) is 11.9 Å². The van der Waals surface area contributed by atoms with Crippen molar-refractivity contribution in [2.75, 3.05) is 11.4 Å². The molecule has 0 unspecified atom stereocenters. The number of rotatable bonds is 4. The van der Waals surface area contributed by atoms with Crippen LogP contribution >= 0.6 is 0 Å². The summed E-state index contributed by atoms with van der Waals surface area (Å²) in [6, 6.07) is 6.83. The first-order valence-electron chi connectivity index (χ1n) is 7.13. The first-order chi connectivity index (χ1) is 9.24. The van der Waals surface area contributed by atoms with Crippen molar-refractivity contribution < 1.29 is 0 Å². The number of anilines is 1.